The molecule has 1 aliphatic heterocycles. The molecule has 0 aromatic heterocycles. The summed E-state index contributed by atoms with van der Waals surface area (Å²) >= 11 is 0. The van der Waals surface area contributed by atoms with Crippen LogP contribution < -0.4 is 19.5 Å². The molecule has 0 spiro atoms. The average Bonchev–Trinajstić information content (AvgIpc) is 2.58. The summed E-state index contributed by atoms with van der Waals surface area (Å²) in [6.07, 6.45) is -2.60. The van der Waals surface area contributed by atoms with Crippen molar-refractivity contribution in [1.29, 1.82) is 0 Å². The number of hydrogen-bond acceptors (Lipinski definition) is 5. The van der Waals surface area contributed by atoms with E-state index in [4.69, 9.17) is 14.2 Å². The minimum atomic E-state index is -2.38. The Hall–Kier alpha value is -1.31. The number of nitrogens with zero attached hydrogens (tertiary/aromatic N) is 1. The Morgan fingerprint density at radius 3 is 2.00 bits per heavy atom. The zero-order valence-corrected chi connectivity index (χ0v) is 15.0. The van der Waals surface area contributed by atoms with E-state index in [2.05, 4.69) is 10.2 Å². The molecule has 1 N–H and O–H groups in total. The molecule has 0 saturated carbocycles. The van der Waals surface area contributed by atoms with Gasteiger partial charge in [-0.25, -0.2) is 8.78 Å². The third-order valence-corrected chi connectivity index (χ3v) is 4.07. The third-order valence-electron chi connectivity index (χ3n) is 4.07. The maximum atomic E-state index is 13.1. The first-order valence-electron chi connectivity index (χ1n) is 7.63. The van der Waals surface area contributed by atoms with Crippen LogP contribution in [0.15, 0.2) is 12.1 Å². The van der Waals surface area contributed by atoms with Crippen LogP contribution in [0.3, 0.4) is 0 Å². The molecule has 0 radical (unpaired) electrons. The molecule has 1 aromatic rings. The van der Waals surface area contributed by atoms with Crippen LogP contribution in [0.25, 0.3) is 0 Å². The summed E-state index contributed by atoms with van der Waals surface area (Å²) in [5.74, 6) is 1.43. The van der Waals surface area contributed by atoms with Crippen LogP contribution in [0.2, 0.25) is 0 Å². The summed E-state index contributed by atoms with van der Waals surface area (Å²) in [5, 5.41) is 3.24. The predicted octanol–water partition coefficient (Wildman–Crippen LogP) is 2.74. The van der Waals surface area contributed by atoms with Crippen LogP contribution in [-0.2, 0) is 0 Å². The van der Waals surface area contributed by atoms with Gasteiger partial charge in [0.1, 0.15) is 0 Å². The zero-order chi connectivity index (χ0) is 16.8. The Bertz CT molecular complexity index is 489. The second-order valence-corrected chi connectivity index (χ2v) is 5.39. The fraction of sp³-hybridized carbons (Fsp3) is 0.625. The Morgan fingerprint density at radius 1 is 1.04 bits per heavy atom. The van der Waals surface area contributed by atoms with Gasteiger partial charge in [-0.15, -0.1) is 12.4 Å². The molecule has 0 amide bonds. The quantitative estimate of drug-likeness (QED) is 0.803. The molecule has 1 aromatic carbocycles. The fourth-order valence-electron chi connectivity index (χ4n) is 2.95. The minimum Gasteiger partial charge on any atom is -0.493 e. The number of alkyl halides is 2. The second-order valence-electron chi connectivity index (χ2n) is 5.39. The number of nitrogens with one attached hydrogen (secondary N) is 1. The van der Waals surface area contributed by atoms with Crippen molar-refractivity contribution in [2.75, 3.05) is 47.5 Å². The van der Waals surface area contributed by atoms with Gasteiger partial charge in [-0.1, -0.05) is 0 Å². The average molecular weight is 367 g/mol. The Labute approximate surface area is 147 Å². The molecule has 5 nitrogen and oxygen atoms in total. The van der Waals surface area contributed by atoms with Crippen molar-refractivity contribution in [3.05, 3.63) is 17.7 Å². The predicted molar refractivity (Wildman–Crippen MR) is 91.2 cm³/mol. The SMILES string of the molecule is COc1cc([C@H](CC(F)F)N2CCNCC2)cc(OC)c1OC.Cl. The van der Waals surface area contributed by atoms with Gasteiger partial charge in [-0.2, -0.15) is 0 Å². The van der Waals surface area contributed by atoms with E-state index in [1.807, 2.05) is 0 Å². The smallest absolute Gasteiger partial charge is 0.240 e. The van der Waals surface area contributed by atoms with Crippen molar-refractivity contribution in [3.8, 4) is 17.2 Å². The molecule has 1 fully saturated rings. The number of benzene rings is 1. The first-order valence-corrected chi connectivity index (χ1v) is 7.63. The lowest BCUT2D eigenvalue weighted by molar-refractivity contribution is 0.0737. The Balaban J connectivity index is 0.00000288. The number of ether oxygens (including phenoxy) is 3. The van der Waals surface area contributed by atoms with Crippen molar-refractivity contribution in [2.24, 2.45) is 0 Å². The molecule has 1 aliphatic rings. The van der Waals surface area contributed by atoms with Crippen molar-refractivity contribution in [3.63, 3.8) is 0 Å². The molecule has 0 aliphatic carbocycles. The number of rotatable bonds is 7. The molecule has 0 unspecified atom stereocenters. The maximum Gasteiger partial charge on any atom is 0.240 e. The summed E-state index contributed by atoms with van der Waals surface area (Å²) in [5.41, 5.74) is 0.752. The maximum absolute atomic E-state index is 13.1. The summed E-state index contributed by atoms with van der Waals surface area (Å²) in [6.45, 7) is 3.05. The van der Waals surface area contributed by atoms with E-state index in [0.717, 1.165) is 31.7 Å². The van der Waals surface area contributed by atoms with E-state index >= 15 is 0 Å². The standard InChI is InChI=1S/C16H24F2N2O3.ClH/c1-21-13-8-11(9-14(22-2)16(13)23-3)12(10-15(17)18)20-6-4-19-5-7-20;/h8-9,12,15,19H,4-7,10H2,1-3H3;1H/t12-;/m0./s1. The lowest BCUT2D eigenvalue weighted by atomic mass is 10.00. The number of methoxy groups -OCH3 is 3. The normalized spacial score (nSPS) is 16.4. The summed E-state index contributed by atoms with van der Waals surface area (Å²) < 4.78 is 42.2. The van der Waals surface area contributed by atoms with E-state index in [1.54, 1.807) is 12.1 Å². The lowest BCUT2D eigenvalue weighted by Gasteiger charge is -2.35. The first-order chi connectivity index (χ1) is 11.1. The first kappa shape index (κ1) is 20.7. The van der Waals surface area contributed by atoms with Crippen LogP contribution in [0.1, 0.15) is 18.0 Å². The molecule has 1 atom stereocenters. The highest BCUT2D eigenvalue weighted by Gasteiger charge is 2.27. The number of piperazine rings is 1. The van der Waals surface area contributed by atoms with E-state index in [9.17, 15) is 8.78 Å². The lowest BCUT2D eigenvalue weighted by Crippen LogP contribution is -2.45. The largest absolute Gasteiger partial charge is 0.493 e. The number of hydrogen-bond donors (Lipinski definition) is 1. The van der Waals surface area contributed by atoms with Gasteiger partial charge in [-0.3, -0.25) is 4.90 Å². The van der Waals surface area contributed by atoms with E-state index < -0.39 is 6.43 Å². The number of halogens is 3. The molecular weight excluding hydrogens is 342 g/mol. The third kappa shape index (κ3) is 4.84. The van der Waals surface area contributed by atoms with Gasteiger partial charge in [0.25, 0.3) is 0 Å². The molecule has 1 heterocycles. The van der Waals surface area contributed by atoms with Gasteiger partial charge in [0, 0.05) is 38.6 Å². The van der Waals surface area contributed by atoms with E-state index in [-0.39, 0.29) is 24.9 Å². The topological polar surface area (TPSA) is 43.0 Å². The van der Waals surface area contributed by atoms with Crippen LogP contribution in [0.5, 0.6) is 17.2 Å². The fourth-order valence-corrected chi connectivity index (χ4v) is 2.95. The molecule has 2 rings (SSSR count). The van der Waals surface area contributed by atoms with Crippen molar-refractivity contribution < 1.29 is 23.0 Å². The highest BCUT2D eigenvalue weighted by atomic mass is 35.5. The van der Waals surface area contributed by atoms with Crippen LogP contribution in [0, 0.1) is 0 Å². The van der Waals surface area contributed by atoms with Crippen molar-refractivity contribution in [1.82, 2.24) is 10.2 Å². The molecule has 0 bridgehead atoms. The summed E-state index contributed by atoms with van der Waals surface area (Å²) in [6, 6.07) is 3.14. The monoisotopic (exact) mass is 366 g/mol. The minimum absolute atomic E-state index is 0. The highest BCUT2D eigenvalue weighted by Crippen LogP contribution is 2.41. The van der Waals surface area contributed by atoms with Crippen LogP contribution in [-0.4, -0.2) is 58.8 Å². The molecule has 138 valence electrons. The molecule has 8 heteroatoms. The van der Waals surface area contributed by atoms with Gasteiger partial charge >= 0.3 is 0 Å². The molecular formula is C16H25ClF2N2O3. The van der Waals surface area contributed by atoms with Gasteiger partial charge in [0.05, 0.1) is 21.3 Å². The Morgan fingerprint density at radius 2 is 1.58 bits per heavy atom. The second kappa shape index (κ2) is 9.86. The van der Waals surface area contributed by atoms with Crippen LogP contribution in [0.4, 0.5) is 8.78 Å². The van der Waals surface area contributed by atoms with Gasteiger partial charge in [0.2, 0.25) is 12.2 Å². The summed E-state index contributed by atoms with van der Waals surface area (Å²) in [4.78, 5) is 2.07. The van der Waals surface area contributed by atoms with Crippen molar-refractivity contribution in [2.45, 2.75) is 18.9 Å². The van der Waals surface area contributed by atoms with Gasteiger partial charge in [-0.05, 0) is 17.7 Å². The molecule has 1 saturated heterocycles. The Kier molecular flexibility index (Phi) is 8.52. The van der Waals surface area contributed by atoms with Crippen LogP contribution >= 0.6 is 12.4 Å². The molecule has 24 heavy (non-hydrogen) atoms. The van der Waals surface area contributed by atoms with Gasteiger partial charge in [0.15, 0.2) is 11.5 Å². The highest BCUT2D eigenvalue weighted by molar-refractivity contribution is 5.85. The van der Waals surface area contributed by atoms with Crippen molar-refractivity contribution >= 4 is 12.4 Å². The van der Waals surface area contributed by atoms with Gasteiger partial charge < -0.3 is 19.5 Å². The summed E-state index contributed by atoms with van der Waals surface area (Å²) in [7, 11) is 4.56. The zero-order valence-electron chi connectivity index (χ0n) is 14.2. The van der Waals surface area contributed by atoms with E-state index in [1.165, 1.54) is 21.3 Å². The van der Waals surface area contributed by atoms with E-state index in [0.29, 0.717) is 17.2 Å².